The number of ether oxygens (including phenoxy) is 3. The average molecular weight is 503 g/mol. The van der Waals surface area contributed by atoms with Crippen LogP contribution in [0.25, 0.3) is 11.1 Å². The predicted octanol–water partition coefficient (Wildman–Crippen LogP) is 5.94. The smallest absolute Gasteiger partial charge is 0.340 e. The van der Waals surface area contributed by atoms with Crippen molar-refractivity contribution < 1.29 is 23.4 Å². The minimum Gasteiger partial charge on any atom is -0.465 e. The summed E-state index contributed by atoms with van der Waals surface area (Å²) >= 11 is 0. The molecule has 2 aromatic carbocycles. The Kier molecular flexibility index (Phi) is 6.42. The van der Waals surface area contributed by atoms with Gasteiger partial charge in [-0.05, 0) is 36.1 Å². The molecule has 6 nitrogen and oxygen atoms in total. The zero-order valence-corrected chi connectivity index (χ0v) is 21.0. The van der Waals surface area contributed by atoms with Crippen LogP contribution >= 0.6 is 0 Å². The number of methoxy groups -OCH3 is 1. The van der Waals surface area contributed by atoms with Gasteiger partial charge in [-0.25, -0.2) is 14.2 Å². The van der Waals surface area contributed by atoms with E-state index < -0.39 is 11.8 Å². The molecule has 1 aromatic heterocycles. The summed E-state index contributed by atoms with van der Waals surface area (Å²) in [6, 6.07) is 16.6. The van der Waals surface area contributed by atoms with E-state index in [9.17, 15) is 9.18 Å². The van der Waals surface area contributed by atoms with Crippen molar-refractivity contribution in [2.75, 3.05) is 31.8 Å². The van der Waals surface area contributed by atoms with Crippen LogP contribution in [0.5, 0.6) is 0 Å². The summed E-state index contributed by atoms with van der Waals surface area (Å²) in [5.41, 5.74) is 4.51. The molecule has 1 spiro atoms. The van der Waals surface area contributed by atoms with Crippen molar-refractivity contribution in [2.45, 2.75) is 50.4 Å². The molecule has 0 amide bonds. The summed E-state index contributed by atoms with van der Waals surface area (Å²) < 4.78 is 32.0. The highest BCUT2D eigenvalue weighted by Gasteiger charge is 2.49. The van der Waals surface area contributed by atoms with Gasteiger partial charge in [0.2, 0.25) is 5.79 Å². The standard InChI is InChI=1S/C30H31FN2O4/c1-35-29(34)25-24(21-11-13-23(31)14-12-21)26-28(32-27(25)22-9-5-6-10-22)33(19-20-7-3-2-4-8-20)16-15-30(26)36-17-18-37-30/h2-4,7-8,11-14,22H,5-6,9-10,15-19H2,1H3. The Labute approximate surface area is 216 Å². The third-order valence-electron chi connectivity index (χ3n) is 7.83. The topological polar surface area (TPSA) is 60.9 Å². The maximum Gasteiger partial charge on any atom is 0.340 e. The molecule has 3 aromatic rings. The third kappa shape index (κ3) is 4.30. The fourth-order valence-electron chi connectivity index (χ4n) is 6.10. The minimum absolute atomic E-state index is 0.153. The Balaban J connectivity index is 1.65. The number of carbonyl (C=O) groups excluding carboxylic acids is 1. The first-order valence-corrected chi connectivity index (χ1v) is 13.1. The zero-order valence-electron chi connectivity index (χ0n) is 21.0. The Morgan fingerprint density at radius 2 is 1.78 bits per heavy atom. The highest BCUT2D eigenvalue weighted by molar-refractivity contribution is 6.01. The second kappa shape index (κ2) is 9.88. The van der Waals surface area contributed by atoms with Crippen LogP contribution in [0.1, 0.15) is 65.2 Å². The van der Waals surface area contributed by atoms with Crippen LogP contribution in [0.2, 0.25) is 0 Å². The Morgan fingerprint density at radius 1 is 1.08 bits per heavy atom. The van der Waals surface area contributed by atoms with Crippen LogP contribution in [-0.2, 0) is 26.5 Å². The van der Waals surface area contributed by atoms with Crippen molar-refractivity contribution in [1.29, 1.82) is 0 Å². The molecule has 7 heteroatoms. The summed E-state index contributed by atoms with van der Waals surface area (Å²) in [4.78, 5) is 21.0. The van der Waals surface area contributed by atoms with Crippen LogP contribution in [0.3, 0.4) is 0 Å². The largest absolute Gasteiger partial charge is 0.465 e. The Bertz CT molecular complexity index is 1280. The van der Waals surface area contributed by atoms with Gasteiger partial charge in [0.1, 0.15) is 11.6 Å². The van der Waals surface area contributed by atoms with Gasteiger partial charge in [0, 0.05) is 31.0 Å². The second-order valence-electron chi connectivity index (χ2n) is 10.0. The zero-order chi connectivity index (χ0) is 25.4. The number of esters is 1. The first-order chi connectivity index (χ1) is 18.1. The number of benzene rings is 2. The summed E-state index contributed by atoms with van der Waals surface area (Å²) in [6.45, 7) is 2.28. The summed E-state index contributed by atoms with van der Waals surface area (Å²) in [5, 5.41) is 0. The van der Waals surface area contributed by atoms with Crippen LogP contribution in [-0.4, -0.2) is 37.8 Å². The van der Waals surface area contributed by atoms with Crippen molar-refractivity contribution in [2.24, 2.45) is 0 Å². The summed E-state index contributed by atoms with van der Waals surface area (Å²) in [7, 11) is 1.40. The lowest BCUT2D eigenvalue weighted by Crippen LogP contribution is -2.43. The summed E-state index contributed by atoms with van der Waals surface area (Å²) in [6.07, 6.45) is 4.72. The maximum atomic E-state index is 14.0. The lowest BCUT2D eigenvalue weighted by atomic mass is 9.83. The average Bonchev–Trinajstić information content (AvgIpc) is 3.63. The van der Waals surface area contributed by atoms with Crippen molar-refractivity contribution in [3.63, 3.8) is 0 Å². The van der Waals surface area contributed by atoms with Gasteiger partial charge >= 0.3 is 5.97 Å². The molecule has 0 N–H and O–H groups in total. The molecule has 3 heterocycles. The van der Waals surface area contributed by atoms with E-state index in [0.29, 0.717) is 43.9 Å². The highest BCUT2D eigenvalue weighted by Crippen LogP contribution is 2.51. The molecule has 0 bridgehead atoms. The molecule has 2 aliphatic heterocycles. The van der Waals surface area contributed by atoms with Gasteiger partial charge in [-0.2, -0.15) is 0 Å². The SMILES string of the molecule is COC(=O)c1c(C2CCCC2)nc2c(c1-c1ccc(F)cc1)C1(CCN2Cc2ccccc2)OCCO1. The number of hydrogen-bond acceptors (Lipinski definition) is 6. The van der Waals surface area contributed by atoms with E-state index in [2.05, 4.69) is 17.0 Å². The Hall–Kier alpha value is -3.29. The van der Waals surface area contributed by atoms with Crippen LogP contribution in [0, 0.1) is 5.82 Å². The molecular formula is C30H31FN2O4. The fourth-order valence-corrected chi connectivity index (χ4v) is 6.10. The van der Waals surface area contributed by atoms with Gasteiger partial charge in [-0.15, -0.1) is 0 Å². The van der Waals surface area contributed by atoms with Gasteiger partial charge in [0.05, 0.1) is 37.1 Å². The first-order valence-electron chi connectivity index (χ1n) is 13.1. The number of rotatable bonds is 5. The molecule has 1 saturated carbocycles. The molecule has 0 radical (unpaired) electrons. The van der Waals surface area contributed by atoms with Gasteiger partial charge in [0.25, 0.3) is 0 Å². The van der Waals surface area contributed by atoms with E-state index in [4.69, 9.17) is 19.2 Å². The number of nitrogens with zero attached hydrogens (tertiary/aromatic N) is 2. The highest BCUT2D eigenvalue weighted by atomic mass is 19.1. The molecule has 1 aliphatic carbocycles. The molecule has 6 rings (SSSR count). The molecule has 37 heavy (non-hydrogen) atoms. The predicted molar refractivity (Wildman–Crippen MR) is 138 cm³/mol. The molecule has 0 unspecified atom stereocenters. The van der Waals surface area contributed by atoms with Crippen LogP contribution in [0.15, 0.2) is 54.6 Å². The van der Waals surface area contributed by atoms with E-state index in [1.165, 1.54) is 24.8 Å². The number of pyridine rings is 1. The van der Waals surface area contributed by atoms with Crippen molar-refractivity contribution in [3.05, 3.63) is 82.8 Å². The van der Waals surface area contributed by atoms with Gasteiger partial charge in [-0.3, -0.25) is 0 Å². The minimum atomic E-state index is -1.02. The lowest BCUT2D eigenvalue weighted by molar-refractivity contribution is -0.171. The molecule has 0 atom stereocenters. The van der Waals surface area contributed by atoms with Gasteiger partial charge < -0.3 is 19.1 Å². The number of fused-ring (bicyclic) bond motifs is 2. The lowest BCUT2D eigenvalue weighted by Gasteiger charge is -2.42. The second-order valence-corrected chi connectivity index (χ2v) is 10.0. The number of hydrogen-bond donors (Lipinski definition) is 0. The number of halogens is 1. The maximum absolute atomic E-state index is 14.0. The van der Waals surface area contributed by atoms with E-state index in [1.807, 2.05) is 18.2 Å². The van der Waals surface area contributed by atoms with Crippen molar-refractivity contribution in [1.82, 2.24) is 4.98 Å². The normalized spacial score (nSPS) is 18.8. The van der Waals surface area contributed by atoms with E-state index >= 15 is 0 Å². The van der Waals surface area contributed by atoms with Crippen LogP contribution < -0.4 is 4.90 Å². The molecular weight excluding hydrogens is 471 g/mol. The van der Waals surface area contributed by atoms with Crippen molar-refractivity contribution in [3.8, 4) is 11.1 Å². The first kappa shape index (κ1) is 24.1. The Morgan fingerprint density at radius 3 is 2.46 bits per heavy atom. The van der Waals surface area contributed by atoms with E-state index in [-0.39, 0.29) is 11.7 Å². The van der Waals surface area contributed by atoms with Crippen molar-refractivity contribution >= 4 is 11.8 Å². The van der Waals surface area contributed by atoms with Gasteiger partial charge in [-0.1, -0.05) is 55.3 Å². The van der Waals surface area contributed by atoms with E-state index in [0.717, 1.165) is 48.3 Å². The fraction of sp³-hybridized carbons (Fsp3) is 0.400. The molecule has 3 aliphatic rings. The number of aromatic nitrogens is 1. The van der Waals surface area contributed by atoms with Gasteiger partial charge in [0.15, 0.2) is 0 Å². The number of anilines is 1. The monoisotopic (exact) mass is 502 g/mol. The quantitative estimate of drug-likeness (QED) is 0.403. The van der Waals surface area contributed by atoms with E-state index in [1.54, 1.807) is 12.1 Å². The molecule has 2 fully saturated rings. The summed E-state index contributed by atoms with van der Waals surface area (Å²) in [5.74, 6) is -0.872. The molecule has 192 valence electrons. The molecule has 1 saturated heterocycles. The number of carbonyl (C=O) groups is 1. The van der Waals surface area contributed by atoms with Crippen LogP contribution in [0.4, 0.5) is 10.2 Å². The third-order valence-corrected chi connectivity index (χ3v) is 7.83.